The maximum atomic E-state index is 13.3. The number of carbonyl (C=O) groups excluding carboxylic acids is 2. The number of nitrogens with zero attached hydrogens (tertiary/aromatic N) is 1. The summed E-state index contributed by atoms with van der Waals surface area (Å²) in [4.78, 5) is 31.2. The van der Waals surface area contributed by atoms with Gasteiger partial charge in [0.25, 0.3) is 5.91 Å². The first kappa shape index (κ1) is 19.1. The number of hydrogen-bond donors (Lipinski definition) is 2. The maximum absolute atomic E-state index is 13.3. The van der Waals surface area contributed by atoms with Gasteiger partial charge in [0.05, 0.1) is 6.04 Å². The average molecular weight is 409 g/mol. The zero-order valence-electron chi connectivity index (χ0n) is 17.3. The number of benzene rings is 3. The molecule has 0 bridgehead atoms. The van der Waals surface area contributed by atoms with Crippen molar-refractivity contribution in [1.82, 2.24) is 9.88 Å². The first-order chi connectivity index (χ1) is 15.1. The van der Waals surface area contributed by atoms with E-state index in [0.29, 0.717) is 12.1 Å². The minimum atomic E-state index is -0.218. The number of fused-ring (bicyclic) bond motifs is 2. The largest absolute Gasteiger partial charge is 0.358 e. The van der Waals surface area contributed by atoms with Crippen LogP contribution in [0.3, 0.4) is 0 Å². The Kier molecular flexibility index (Phi) is 4.79. The van der Waals surface area contributed by atoms with Crippen molar-refractivity contribution < 1.29 is 9.59 Å². The molecule has 154 valence electrons. The molecule has 4 aromatic rings. The molecule has 0 aliphatic carbocycles. The van der Waals surface area contributed by atoms with E-state index in [1.807, 2.05) is 84.6 Å². The fourth-order valence-corrected chi connectivity index (χ4v) is 4.53. The van der Waals surface area contributed by atoms with Crippen molar-refractivity contribution in [1.29, 1.82) is 0 Å². The Bertz CT molecular complexity index is 1280. The van der Waals surface area contributed by atoms with Crippen LogP contribution < -0.4 is 5.32 Å². The molecule has 2 heterocycles. The molecule has 1 atom stereocenters. The van der Waals surface area contributed by atoms with Crippen molar-refractivity contribution >= 4 is 28.4 Å². The number of aryl methyl sites for hydroxylation is 1. The van der Waals surface area contributed by atoms with E-state index in [1.165, 1.54) is 0 Å². The standard InChI is InChI=1S/C26H23N3O2/c1-17-24(21-13-7-8-14-22(21)27-17)25-19-11-5-6-12-20(19)26(31)29(25)16-15-23(30)28-18-9-3-2-4-10-18/h2-14,25,27H,15-16H2,1H3,(H,28,30). The summed E-state index contributed by atoms with van der Waals surface area (Å²) < 4.78 is 0. The topological polar surface area (TPSA) is 65.2 Å². The van der Waals surface area contributed by atoms with E-state index in [1.54, 1.807) is 0 Å². The zero-order chi connectivity index (χ0) is 21.4. The number of nitrogens with one attached hydrogen (secondary N) is 2. The van der Waals surface area contributed by atoms with Crippen LogP contribution in [0.4, 0.5) is 5.69 Å². The first-order valence-corrected chi connectivity index (χ1v) is 10.5. The third-order valence-electron chi connectivity index (χ3n) is 5.91. The second kappa shape index (κ2) is 7.76. The lowest BCUT2D eigenvalue weighted by Gasteiger charge is -2.26. The minimum absolute atomic E-state index is 0.0298. The fourth-order valence-electron chi connectivity index (χ4n) is 4.53. The van der Waals surface area contributed by atoms with Gasteiger partial charge in [-0.2, -0.15) is 0 Å². The maximum Gasteiger partial charge on any atom is 0.255 e. The summed E-state index contributed by atoms with van der Waals surface area (Å²) in [5, 5.41) is 4.01. The number of hydrogen-bond acceptors (Lipinski definition) is 2. The molecule has 3 aromatic carbocycles. The fraction of sp³-hybridized carbons (Fsp3) is 0.154. The number of aromatic nitrogens is 1. The summed E-state index contributed by atoms with van der Waals surface area (Å²) in [6.45, 7) is 2.39. The SMILES string of the molecule is Cc1[nH]c2ccccc2c1C1c2ccccc2C(=O)N1CCC(=O)Nc1ccccc1. The highest BCUT2D eigenvalue weighted by Gasteiger charge is 2.39. The molecule has 5 nitrogen and oxygen atoms in total. The van der Waals surface area contributed by atoms with E-state index in [-0.39, 0.29) is 24.3 Å². The Balaban J connectivity index is 1.48. The molecule has 5 rings (SSSR count). The molecule has 5 heteroatoms. The Morgan fingerprint density at radius 2 is 1.68 bits per heavy atom. The number of rotatable bonds is 5. The number of para-hydroxylation sites is 2. The molecule has 0 radical (unpaired) electrons. The van der Waals surface area contributed by atoms with Gasteiger partial charge in [-0.25, -0.2) is 0 Å². The molecule has 1 unspecified atom stereocenters. The molecular weight excluding hydrogens is 386 g/mol. The number of H-pyrrole nitrogens is 1. The van der Waals surface area contributed by atoms with E-state index in [2.05, 4.69) is 16.4 Å². The molecule has 1 aliphatic heterocycles. The third-order valence-corrected chi connectivity index (χ3v) is 5.91. The van der Waals surface area contributed by atoms with Crippen LogP contribution in [0.15, 0.2) is 78.9 Å². The third kappa shape index (κ3) is 3.38. The van der Waals surface area contributed by atoms with Gasteiger partial charge in [0, 0.05) is 46.4 Å². The molecule has 1 aliphatic rings. The van der Waals surface area contributed by atoms with Gasteiger partial charge in [0.15, 0.2) is 0 Å². The molecule has 2 amide bonds. The van der Waals surface area contributed by atoms with Crippen LogP contribution in [-0.2, 0) is 4.79 Å². The smallest absolute Gasteiger partial charge is 0.255 e. The van der Waals surface area contributed by atoms with Crippen molar-refractivity contribution in [3.63, 3.8) is 0 Å². The molecule has 0 saturated carbocycles. The van der Waals surface area contributed by atoms with E-state index >= 15 is 0 Å². The van der Waals surface area contributed by atoms with Gasteiger partial charge in [0.1, 0.15) is 0 Å². The summed E-state index contributed by atoms with van der Waals surface area (Å²) in [5.74, 6) is -0.137. The summed E-state index contributed by atoms with van der Waals surface area (Å²) in [5.41, 5.74) is 5.64. The lowest BCUT2D eigenvalue weighted by Crippen LogP contribution is -2.32. The van der Waals surface area contributed by atoms with Gasteiger partial charge < -0.3 is 15.2 Å². The predicted molar refractivity (Wildman–Crippen MR) is 122 cm³/mol. The number of aromatic amines is 1. The van der Waals surface area contributed by atoms with Crippen LogP contribution in [0.1, 0.15) is 39.6 Å². The molecule has 0 fully saturated rings. The molecular formula is C26H23N3O2. The van der Waals surface area contributed by atoms with Gasteiger partial charge >= 0.3 is 0 Å². The van der Waals surface area contributed by atoms with Crippen molar-refractivity contribution in [2.75, 3.05) is 11.9 Å². The minimum Gasteiger partial charge on any atom is -0.358 e. The van der Waals surface area contributed by atoms with Gasteiger partial charge in [0.2, 0.25) is 5.91 Å². The Hall–Kier alpha value is -3.86. The van der Waals surface area contributed by atoms with E-state index in [0.717, 1.165) is 33.4 Å². The van der Waals surface area contributed by atoms with Crippen LogP contribution in [0.25, 0.3) is 10.9 Å². The van der Waals surface area contributed by atoms with Crippen LogP contribution in [0.5, 0.6) is 0 Å². The molecule has 31 heavy (non-hydrogen) atoms. The van der Waals surface area contributed by atoms with Crippen LogP contribution in [0, 0.1) is 6.92 Å². The Morgan fingerprint density at radius 3 is 2.52 bits per heavy atom. The summed E-state index contributed by atoms with van der Waals surface area (Å²) >= 11 is 0. The summed E-state index contributed by atoms with van der Waals surface area (Å²) in [7, 11) is 0. The van der Waals surface area contributed by atoms with Crippen molar-refractivity contribution in [2.45, 2.75) is 19.4 Å². The second-order valence-corrected chi connectivity index (χ2v) is 7.86. The van der Waals surface area contributed by atoms with Gasteiger partial charge in [-0.15, -0.1) is 0 Å². The predicted octanol–water partition coefficient (Wildman–Crippen LogP) is 5.05. The van der Waals surface area contributed by atoms with E-state index < -0.39 is 0 Å². The Labute approximate surface area is 180 Å². The van der Waals surface area contributed by atoms with Crippen LogP contribution in [0.2, 0.25) is 0 Å². The molecule has 2 N–H and O–H groups in total. The number of anilines is 1. The van der Waals surface area contributed by atoms with Gasteiger partial charge in [-0.1, -0.05) is 54.6 Å². The lowest BCUT2D eigenvalue weighted by molar-refractivity contribution is -0.116. The monoisotopic (exact) mass is 409 g/mol. The number of carbonyl (C=O) groups is 2. The number of amides is 2. The van der Waals surface area contributed by atoms with E-state index in [9.17, 15) is 9.59 Å². The highest BCUT2D eigenvalue weighted by atomic mass is 16.2. The van der Waals surface area contributed by atoms with Crippen LogP contribution in [-0.4, -0.2) is 28.2 Å². The van der Waals surface area contributed by atoms with Gasteiger partial charge in [-0.3, -0.25) is 9.59 Å². The Morgan fingerprint density at radius 1 is 0.968 bits per heavy atom. The zero-order valence-corrected chi connectivity index (χ0v) is 17.3. The average Bonchev–Trinajstić information content (AvgIpc) is 3.26. The van der Waals surface area contributed by atoms with Crippen molar-refractivity contribution in [3.8, 4) is 0 Å². The van der Waals surface area contributed by atoms with Crippen LogP contribution >= 0.6 is 0 Å². The molecule has 1 aromatic heterocycles. The molecule has 0 saturated heterocycles. The first-order valence-electron chi connectivity index (χ1n) is 10.5. The van der Waals surface area contributed by atoms with Crippen molar-refractivity contribution in [2.24, 2.45) is 0 Å². The summed E-state index contributed by atoms with van der Waals surface area (Å²) in [6, 6.07) is 25.1. The second-order valence-electron chi connectivity index (χ2n) is 7.86. The lowest BCUT2D eigenvalue weighted by atomic mass is 9.95. The van der Waals surface area contributed by atoms with Gasteiger partial charge in [-0.05, 0) is 36.8 Å². The molecule has 0 spiro atoms. The quantitative estimate of drug-likeness (QED) is 0.484. The normalized spacial score (nSPS) is 15.3. The van der Waals surface area contributed by atoms with E-state index in [4.69, 9.17) is 0 Å². The summed E-state index contributed by atoms with van der Waals surface area (Å²) in [6.07, 6.45) is 0.229. The van der Waals surface area contributed by atoms with Crippen molar-refractivity contribution in [3.05, 3.63) is 101 Å². The highest BCUT2D eigenvalue weighted by Crippen LogP contribution is 2.42. The highest BCUT2D eigenvalue weighted by molar-refractivity contribution is 6.01.